The van der Waals surface area contributed by atoms with Gasteiger partial charge in [-0.05, 0) is 28.7 Å². The Hall–Kier alpha value is -3.65. The van der Waals surface area contributed by atoms with E-state index >= 15 is 0 Å². The number of aliphatic imine (C=N–C) groups is 1. The normalized spacial score (nSPS) is 20.5. The molecule has 0 N–H and O–H groups in total. The molecule has 0 spiro atoms. The molecule has 1 fully saturated rings. The van der Waals surface area contributed by atoms with Crippen molar-refractivity contribution >= 4 is 11.5 Å². The number of amidine groups is 1. The highest BCUT2D eigenvalue weighted by molar-refractivity contribution is 6.06. The van der Waals surface area contributed by atoms with Crippen molar-refractivity contribution in [2.24, 2.45) is 10.9 Å². The summed E-state index contributed by atoms with van der Waals surface area (Å²) in [7, 11) is 0. The maximum Gasteiger partial charge on any atom is 0.123 e. The zero-order valence-corrected chi connectivity index (χ0v) is 19.1. The van der Waals surface area contributed by atoms with E-state index in [1.807, 2.05) is 0 Å². The van der Waals surface area contributed by atoms with Crippen molar-refractivity contribution in [3.05, 3.63) is 138 Å². The summed E-state index contributed by atoms with van der Waals surface area (Å²) in [5, 5.41) is 0. The van der Waals surface area contributed by atoms with E-state index in [0.29, 0.717) is 5.92 Å². The number of hydrogen-bond donors (Lipinski definition) is 0. The largest absolute Gasteiger partial charge is 0.343 e. The highest BCUT2D eigenvalue weighted by Gasteiger charge is 2.64. The number of hydrogen-bond acceptors (Lipinski definition) is 2. The van der Waals surface area contributed by atoms with Crippen molar-refractivity contribution in [3.63, 3.8) is 0 Å². The van der Waals surface area contributed by atoms with Crippen LogP contribution >= 0.6 is 0 Å². The summed E-state index contributed by atoms with van der Waals surface area (Å²) >= 11 is 0. The minimum atomic E-state index is -0.281. The Balaban J connectivity index is 1.66. The van der Waals surface area contributed by atoms with Crippen LogP contribution in [0, 0.1) is 5.92 Å². The molecule has 2 atom stereocenters. The summed E-state index contributed by atoms with van der Waals surface area (Å²) in [5.74, 6) is 1.59. The van der Waals surface area contributed by atoms with E-state index in [0.717, 1.165) is 11.5 Å². The molecular weight excluding hydrogens is 400 g/mol. The van der Waals surface area contributed by atoms with E-state index in [1.54, 1.807) is 0 Å². The van der Waals surface area contributed by atoms with Gasteiger partial charge >= 0.3 is 0 Å². The topological polar surface area (TPSA) is 15.6 Å². The van der Waals surface area contributed by atoms with Gasteiger partial charge in [-0.2, -0.15) is 0 Å². The molecule has 4 aromatic rings. The van der Waals surface area contributed by atoms with Crippen molar-refractivity contribution in [2.75, 3.05) is 0 Å². The van der Waals surface area contributed by atoms with Crippen molar-refractivity contribution < 1.29 is 0 Å². The molecule has 0 aromatic heterocycles. The number of nitrogens with zero attached hydrogens (tertiary/aromatic N) is 2. The summed E-state index contributed by atoms with van der Waals surface area (Å²) < 4.78 is 0. The fourth-order valence-corrected chi connectivity index (χ4v) is 6.09. The van der Waals surface area contributed by atoms with Crippen LogP contribution in [0.3, 0.4) is 0 Å². The van der Waals surface area contributed by atoms with Gasteiger partial charge in [-0.15, -0.1) is 0 Å². The number of rotatable bonds is 4. The van der Waals surface area contributed by atoms with E-state index in [9.17, 15) is 0 Å². The molecule has 33 heavy (non-hydrogen) atoms. The Labute approximate surface area is 196 Å². The Bertz CT molecular complexity index is 1250. The lowest BCUT2D eigenvalue weighted by atomic mass is 9.57. The van der Waals surface area contributed by atoms with Crippen molar-refractivity contribution in [3.8, 4) is 0 Å². The third kappa shape index (κ3) is 2.83. The molecule has 0 aliphatic carbocycles. The van der Waals surface area contributed by atoms with E-state index in [2.05, 4.69) is 134 Å². The van der Waals surface area contributed by atoms with Crippen LogP contribution in [0.5, 0.6) is 0 Å². The average molecular weight is 429 g/mol. The van der Waals surface area contributed by atoms with Crippen LogP contribution in [0.25, 0.3) is 0 Å². The third-order valence-corrected chi connectivity index (χ3v) is 7.28. The van der Waals surface area contributed by atoms with Crippen LogP contribution in [0.4, 0.5) is 5.69 Å². The zero-order chi connectivity index (χ0) is 22.4. The highest BCUT2D eigenvalue weighted by atomic mass is 15.4. The lowest BCUT2D eigenvalue weighted by Crippen LogP contribution is -2.74. The average Bonchev–Trinajstić information content (AvgIpc) is 2.86. The Morgan fingerprint density at radius 1 is 0.667 bits per heavy atom. The maximum absolute atomic E-state index is 5.37. The van der Waals surface area contributed by atoms with E-state index in [4.69, 9.17) is 4.99 Å². The summed E-state index contributed by atoms with van der Waals surface area (Å²) in [6.45, 7) is 4.70. The van der Waals surface area contributed by atoms with Crippen LogP contribution in [0.2, 0.25) is 0 Å². The molecule has 0 saturated carbocycles. The van der Waals surface area contributed by atoms with Crippen LogP contribution in [0.1, 0.15) is 42.1 Å². The summed E-state index contributed by atoms with van der Waals surface area (Å²) in [5.41, 5.74) is 6.03. The number of fused-ring (bicyclic) bond motifs is 2. The molecule has 6 rings (SSSR count). The molecule has 2 heterocycles. The van der Waals surface area contributed by atoms with Gasteiger partial charge in [0.25, 0.3) is 0 Å². The summed E-state index contributed by atoms with van der Waals surface area (Å²) in [4.78, 5) is 7.97. The number of benzene rings is 4. The molecule has 2 heteroatoms. The Kier molecular flexibility index (Phi) is 4.69. The lowest BCUT2D eigenvalue weighted by molar-refractivity contribution is 0.0915. The van der Waals surface area contributed by atoms with Crippen molar-refractivity contribution in [1.29, 1.82) is 0 Å². The van der Waals surface area contributed by atoms with Gasteiger partial charge in [0.2, 0.25) is 0 Å². The van der Waals surface area contributed by atoms with Gasteiger partial charge < -0.3 is 4.90 Å². The number of para-hydroxylation sites is 1. The molecule has 0 unspecified atom stereocenters. The Morgan fingerprint density at radius 2 is 1.18 bits per heavy atom. The second-order valence-corrected chi connectivity index (χ2v) is 9.44. The molecule has 1 saturated heterocycles. The predicted octanol–water partition coefficient (Wildman–Crippen LogP) is 7.15. The van der Waals surface area contributed by atoms with Gasteiger partial charge in [0.15, 0.2) is 0 Å². The van der Waals surface area contributed by atoms with Crippen LogP contribution in [-0.2, 0) is 5.41 Å². The molecular formula is C31H28N2. The smallest absolute Gasteiger partial charge is 0.123 e. The molecule has 4 aromatic carbocycles. The quantitative estimate of drug-likeness (QED) is 0.337. The van der Waals surface area contributed by atoms with E-state index in [-0.39, 0.29) is 17.5 Å². The molecule has 0 amide bonds. The van der Waals surface area contributed by atoms with Gasteiger partial charge in [-0.3, -0.25) is 0 Å². The fraction of sp³-hybridized carbons (Fsp3) is 0.194. The van der Waals surface area contributed by atoms with Crippen molar-refractivity contribution in [2.45, 2.75) is 31.3 Å². The first-order valence-electron chi connectivity index (χ1n) is 11.9. The van der Waals surface area contributed by atoms with E-state index in [1.165, 1.54) is 22.3 Å². The second kappa shape index (κ2) is 7.74. The zero-order valence-electron chi connectivity index (χ0n) is 19.1. The lowest BCUT2D eigenvalue weighted by Gasteiger charge is -2.65. The van der Waals surface area contributed by atoms with Gasteiger partial charge in [0.05, 0.1) is 23.2 Å². The first-order valence-corrected chi connectivity index (χ1v) is 11.9. The van der Waals surface area contributed by atoms with Crippen molar-refractivity contribution in [1.82, 2.24) is 4.90 Å². The molecule has 0 bridgehead atoms. The predicted molar refractivity (Wildman–Crippen MR) is 136 cm³/mol. The van der Waals surface area contributed by atoms with Crippen LogP contribution in [-0.4, -0.2) is 16.8 Å². The van der Waals surface area contributed by atoms with Crippen LogP contribution < -0.4 is 0 Å². The summed E-state index contributed by atoms with van der Waals surface area (Å²) in [6, 6.07) is 42.0. The van der Waals surface area contributed by atoms with Gasteiger partial charge in [-0.1, -0.05) is 123 Å². The third-order valence-electron chi connectivity index (χ3n) is 7.28. The summed E-state index contributed by atoms with van der Waals surface area (Å²) in [6.07, 6.45) is 0. The van der Waals surface area contributed by atoms with Gasteiger partial charge in [-0.25, -0.2) is 4.99 Å². The Morgan fingerprint density at radius 3 is 1.76 bits per heavy atom. The monoisotopic (exact) mass is 428 g/mol. The maximum atomic E-state index is 5.37. The molecule has 2 aliphatic rings. The van der Waals surface area contributed by atoms with E-state index < -0.39 is 0 Å². The second-order valence-electron chi connectivity index (χ2n) is 9.44. The van der Waals surface area contributed by atoms with Gasteiger partial charge in [0.1, 0.15) is 5.84 Å². The molecule has 2 nitrogen and oxygen atoms in total. The van der Waals surface area contributed by atoms with Crippen LogP contribution in [0.15, 0.2) is 120 Å². The standard InChI is InChI=1S/C31H28N2/c1-22(2)29-31(24-16-8-4-9-17-24,25-18-10-5-11-19-25)30-32-27-21-13-12-20-26(27)28(33(29)30)23-14-6-3-7-15-23/h3-22,28-29H,1-2H3/t28-,29-/m0/s1. The minimum Gasteiger partial charge on any atom is -0.343 e. The first-order chi connectivity index (χ1) is 16.2. The first kappa shape index (κ1) is 20.0. The molecule has 2 aliphatic heterocycles. The fourth-order valence-electron chi connectivity index (χ4n) is 6.09. The minimum absolute atomic E-state index is 0.155. The SMILES string of the molecule is CC(C)[C@@H]1N2C(=Nc3ccccc3[C@@H]2c2ccccc2)C1(c1ccccc1)c1ccccc1. The highest BCUT2D eigenvalue weighted by Crippen LogP contribution is 2.58. The van der Waals surface area contributed by atoms with Gasteiger partial charge in [0, 0.05) is 5.56 Å². The molecule has 162 valence electrons. The molecule has 0 radical (unpaired) electrons.